The van der Waals surface area contributed by atoms with Gasteiger partial charge in [-0.25, -0.2) is 0 Å². The molecule has 0 amide bonds. The molecule has 1 saturated carbocycles. The van der Waals surface area contributed by atoms with Crippen LogP contribution in [-0.2, 0) is 5.60 Å². The quantitative estimate of drug-likeness (QED) is 0.901. The monoisotopic (exact) mass is 319 g/mol. The predicted molar refractivity (Wildman–Crippen MR) is 97.8 cm³/mol. The Kier molecular flexibility index (Phi) is 2.94. The molecule has 1 fully saturated rings. The van der Waals surface area contributed by atoms with Gasteiger partial charge in [0.25, 0.3) is 0 Å². The number of aliphatic hydroxyl groups is 1. The van der Waals surface area contributed by atoms with E-state index in [-0.39, 0.29) is 5.92 Å². The molecule has 3 aliphatic rings. The van der Waals surface area contributed by atoms with E-state index >= 15 is 0 Å². The Morgan fingerprint density at radius 3 is 2.42 bits per heavy atom. The molecular formula is C22H25NO. The molecule has 0 saturated heterocycles. The van der Waals surface area contributed by atoms with E-state index in [1.165, 1.54) is 34.4 Å². The topological polar surface area (TPSA) is 23.5 Å². The second-order valence-electron chi connectivity index (χ2n) is 7.58. The number of nitrogens with zero attached hydrogens (tertiary/aromatic N) is 1. The average Bonchev–Trinajstić information content (AvgIpc) is 2.59. The second-order valence-corrected chi connectivity index (χ2v) is 7.58. The molecule has 3 aliphatic carbocycles. The molecule has 0 aliphatic heterocycles. The molecule has 5 rings (SSSR count). The molecule has 0 spiro atoms. The van der Waals surface area contributed by atoms with Crippen molar-refractivity contribution in [3.63, 3.8) is 0 Å². The van der Waals surface area contributed by atoms with Crippen LogP contribution in [0.1, 0.15) is 66.7 Å². The van der Waals surface area contributed by atoms with Crippen LogP contribution in [0.2, 0.25) is 0 Å². The van der Waals surface area contributed by atoms with Gasteiger partial charge < -0.3 is 10.0 Å². The summed E-state index contributed by atoms with van der Waals surface area (Å²) in [7, 11) is 0. The third kappa shape index (κ3) is 1.51. The fourth-order valence-electron chi connectivity index (χ4n) is 5.84. The Bertz CT molecular complexity index is 809. The highest BCUT2D eigenvalue weighted by atomic mass is 16.3. The zero-order chi connectivity index (χ0) is 16.5. The Balaban J connectivity index is 1.67. The average molecular weight is 319 g/mol. The van der Waals surface area contributed by atoms with Crippen molar-refractivity contribution in [2.45, 2.75) is 50.0 Å². The summed E-state index contributed by atoms with van der Waals surface area (Å²) in [5.41, 5.74) is 6.07. The lowest BCUT2D eigenvalue weighted by Crippen LogP contribution is -2.56. The lowest BCUT2D eigenvalue weighted by Gasteiger charge is -2.62. The van der Waals surface area contributed by atoms with Gasteiger partial charge in [0.2, 0.25) is 0 Å². The maximum Gasteiger partial charge on any atom is 0.106 e. The number of rotatable bonds is 3. The smallest absolute Gasteiger partial charge is 0.106 e. The number of fused-ring (bicyclic) bond motifs is 9. The number of benzene rings is 2. The Labute approximate surface area is 144 Å². The summed E-state index contributed by atoms with van der Waals surface area (Å²) < 4.78 is 0. The minimum absolute atomic E-state index is 0.289. The molecule has 2 nitrogen and oxygen atoms in total. The van der Waals surface area contributed by atoms with Crippen molar-refractivity contribution in [3.05, 3.63) is 64.7 Å². The van der Waals surface area contributed by atoms with Gasteiger partial charge in [-0.1, -0.05) is 36.4 Å². The third-order valence-electron chi connectivity index (χ3n) is 6.86. The summed E-state index contributed by atoms with van der Waals surface area (Å²) in [6.45, 7) is 6.37. The zero-order valence-corrected chi connectivity index (χ0v) is 14.5. The third-order valence-corrected chi connectivity index (χ3v) is 6.86. The van der Waals surface area contributed by atoms with Crippen molar-refractivity contribution in [2.24, 2.45) is 0 Å². The molecule has 2 heteroatoms. The van der Waals surface area contributed by atoms with Crippen LogP contribution in [0.5, 0.6) is 0 Å². The van der Waals surface area contributed by atoms with E-state index in [2.05, 4.69) is 61.2 Å². The Hall–Kier alpha value is -1.80. The molecule has 0 aromatic heterocycles. The summed E-state index contributed by atoms with van der Waals surface area (Å²) in [5.74, 6) is 1.15. The van der Waals surface area contributed by atoms with Crippen molar-refractivity contribution in [3.8, 4) is 0 Å². The molecule has 124 valence electrons. The molecular weight excluding hydrogens is 294 g/mol. The molecule has 2 aromatic rings. The van der Waals surface area contributed by atoms with Crippen LogP contribution in [0.25, 0.3) is 0 Å². The first kappa shape index (κ1) is 14.5. The molecule has 4 atom stereocenters. The maximum absolute atomic E-state index is 11.9. The highest BCUT2D eigenvalue weighted by molar-refractivity contribution is 5.69. The summed E-state index contributed by atoms with van der Waals surface area (Å²) in [5, 5.41) is 11.9. The Morgan fingerprint density at radius 2 is 1.67 bits per heavy atom. The van der Waals surface area contributed by atoms with Crippen molar-refractivity contribution >= 4 is 5.69 Å². The van der Waals surface area contributed by atoms with E-state index in [1.54, 1.807) is 0 Å². The standard InChI is InChI=1S/C22H25NO/c1-3-23(4-2)19-11-7-10-17-18-13-12-16-14-8-5-6-9-15(14)20(16)22(18,24)21(17)19/h5-11,16,18,20,24H,3-4,12-13H2,1-2H3. The van der Waals surface area contributed by atoms with Gasteiger partial charge >= 0.3 is 0 Å². The van der Waals surface area contributed by atoms with Gasteiger partial charge in [-0.2, -0.15) is 0 Å². The first-order valence-electron chi connectivity index (χ1n) is 9.41. The molecule has 24 heavy (non-hydrogen) atoms. The van der Waals surface area contributed by atoms with Gasteiger partial charge in [-0.15, -0.1) is 0 Å². The van der Waals surface area contributed by atoms with Gasteiger partial charge in [0.05, 0.1) is 0 Å². The van der Waals surface area contributed by atoms with Crippen LogP contribution in [-0.4, -0.2) is 18.2 Å². The number of hydrogen-bond donors (Lipinski definition) is 1. The fraction of sp³-hybridized carbons (Fsp3) is 0.455. The van der Waals surface area contributed by atoms with E-state index in [4.69, 9.17) is 0 Å². The summed E-state index contributed by atoms with van der Waals surface area (Å²) in [6.07, 6.45) is 2.32. The lowest BCUT2D eigenvalue weighted by molar-refractivity contribution is -0.0858. The van der Waals surface area contributed by atoms with Crippen molar-refractivity contribution < 1.29 is 5.11 Å². The van der Waals surface area contributed by atoms with Gasteiger partial charge in [-0.05, 0) is 55.4 Å². The summed E-state index contributed by atoms with van der Waals surface area (Å²) in [6, 6.07) is 15.4. The first-order chi connectivity index (χ1) is 11.7. The van der Waals surface area contributed by atoms with Crippen molar-refractivity contribution in [1.29, 1.82) is 0 Å². The molecule has 0 radical (unpaired) electrons. The summed E-state index contributed by atoms with van der Waals surface area (Å²) >= 11 is 0. The molecule has 0 heterocycles. The Morgan fingerprint density at radius 1 is 0.958 bits per heavy atom. The van der Waals surface area contributed by atoms with Crippen LogP contribution < -0.4 is 4.90 Å². The van der Waals surface area contributed by atoms with Crippen LogP contribution in [0.15, 0.2) is 42.5 Å². The highest BCUT2D eigenvalue weighted by Crippen LogP contribution is 2.72. The molecule has 4 unspecified atom stereocenters. The van der Waals surface area contributed by atoms with E-state index < -0.39 is 5.60 Å². The van der Waals surface area contributed by atoms with Crippen molar-refractivity contribution in [1.82, 2.24) is 0 Å². The summed E-state index contributed by atoms with van der Waals surface area (Å²) in [4.78, 5) is 2.39. The normalized spacial score (nSPS) is 31.7. The van der Waals surface area contributed by atoms with Crippen molar-refractivity contribution in [2.75, 3.05) is 18.0 Å². The van der Waals surface area contributed by atoms with Crippen LogP contribution in [0, 0.1) is 0 Å². The second kappa shape index (κ2) is 4.86. The van der Waals surface area contributed by atoms with E-state index in [9.17, 15) is 5.11 Å². The molecule has 2 aromatic carbocycles. The van der Waals surface area contributed by atoms with E-state index in [0.717, 1.165) is 19.5 Å². The highest BCUT2D eigenvalue weighted by Gasteiger charge is 2.64. The zero-order valence-electron chi connectivity index (χ0n) is 14.5. The van der Waals surface area contributed by atoms with E-state index in [1.807, 2.05) is 0 Å². The van der Waals surface area contributed by atoms with Crippen LogP contribution in [0.4, 0.5) is 5.69 Å². The number of hydrogen-bond acceptors (Lipinski definition) is 2. The van der Waals surface area contributed by atoms with Gasteiger partial charge in [-0.3, -0.25) is 0 Å². The number of anilines is 1. The fourth-order valence-corrected chi connectivity index (χ4v) is 5.84. The largest absolute Gasteiger partial charge is 0.384 e. The molecule has 1 N–H and O–H groups in total. The maximum atomic E-state index is 11.9. The van der Waals surface area contributed by atoms with Crippen LogP contribution in [0.3, 0.4) is 0 Å². The molecule has 0 bridgehead atoms. The SMILES string of the molecule is CCN(CC)c1cccc2c1C1(O)C2CCC2c3ccccc3C21. The predicted octanol–water partition coefficient (Wildman–Crippen LogP) is 4.49. The van der Waals surface area contributed by atoms with Gasteiger partial charge in [0.1, 0.15) is 5.60 Å². The van der Waals surface area contributed by atoms with Gasteiger partial charge in [0, 0.05) is 36.2 Å². The first-order valence-corrected chi connectivity index (χ1v) is 9.41. The minimum Gasteiger partial charge on any atom is -0.384 e. The van der Waals surface area contributed by atoms with E-state index in [0.29, 0.717) is 11.8 Å². The minimum atomic E-state index is -0.661. The lowest BCUT2D eigenvalue weighted by atomic mass is 9.44. The van der Waals surface area contributed by atoms with Crippen LogP contribution >= 0.6 is 0 Å². The van der Waals surface area contributed by atoms with Gasteiger partial charge in [0.15, 0.2) is 0 Å².